The molecule has 0 bridgehead atoms. The van der Waals surface area contributed by atoms with Crippen molar-refractivity contribution in [1.82, 2.24) is 15.3 Å². The highest BCUT2D eigenvalue weighted by atomic mass is 19.4. The summed E-state index contributed by atoms with van der Waals surface area (Å²) in [6.45, 7) is 9.84. The average molecular weight is 620 g/mol. The molecule has 0 unspecified atom stereocenters. The van der Waals surface area contributed by atoms with E-state index in [2.05, 4.69) is 20.6 Å². The van der Waals surface area contributed by atoms with Gasteiger partial charge in [0.2, 0.25) is 5.95 Å². The van der Waals surface area contributed by atoms with E-state index in [0.717, 1.165) is 0 Å². The maximum atomic E-state index is 14.0. The van der Waals surface area contributed by atoms with Crippen LogP contribution in [0, 0.1) is 0 Å². The van der Waals surface area contributed by atoms with Crippen molar-refractivity contribution < 1.29 is 37.0 Å². The number of H-pyrrole nitrogens is 1. The first-order valence-corrected chi connectivity index (χ1v) is 13.7. The number of aromatic amines is 1. The van der Waals surface area contributed by atoms with E-state index in [4.69, 9.17) is 15.2 Å². The van der Waals surface area contributed by atoms with E-state index in [0.29, 0.717) is 5.69 Å². The number of aromatic nitrogens is 2. The van der Waals surface area contributed by atoms with Crippen LogP contribution in [-0.4, -0.2) is 45.1 Å². The van der Waals surface area contributed by atoms with Gasteiger partial charge in [-0.3, -0.25) is 19.4 Å². The van der Waals surface area contributed by atoms with Crippen molar-refractivity contribution in [1.29, 1.82) is 0 Å². The summed E-state index contributed by atoms with van der Waals surface area (Å²) >= 11 is 0. The van der Waals surface area contributed by atoms with Crippen molar-refractivity contribution in [3.63, 3.8) is 0 Å². The first-order valence-electron chi connectivity index (χ1n) is 13.7. The molecular weight excluding hydrogens is 583 g/mol. The lowest BCUT2D eigenvalue weighted by Crippen LogP contribution is -2.44. The zero-order chi connectivity index (χ0) is 33.0. The number of hydrogen-bond acceptors (Lipinski definition) is 9. The summed E-state index contributed by atoms with van der Waals surface area (Å²) in [6, 6.07) is 7.13. The number of amides is 1. The molecule has 1 amide bonds. The highest BCUT2D eigenvalue weighted by molar-refractivity contribution is 5.97. The highest BCUT2D eigenvalue weighted by Gasteiger charge is 2.37. The van der Waals surface area contributed by atoms with Gasteiger partial charge in [-0.1, -0.05) is 6.07 Å². The average Bonchev–Trinajstić information content (AvgIpc) is 2.87. The Balaban J connectivity index is 1.75. The number of carbonyl (C=O) groups excluding carboxylic acids is 3. The van der Waals surface area contributed by atoms with Crippen LogP contribution < -0.4 is 21.9 Å². The number of nitrogens with one attached hydrogen (secondary N) is 3. The summed E-state index contributed by atoms with van der Waals surface area (Å²) in [6.07, 6.45) is -5.06. The van der Waals surface area contributed by atoms with E-state index in [1.165, 1.54) is 36.4 Å². The monoisotopic (exact) mass is 619 g/mol. The van der Waals surface area contributed by atoms with Crippen LogP contribution in [0.3, 0.4) is 0 Å². The van der Waals surface area contributed by atoms with Gasteiger partial charge in [0.1, 0.15) is 17.2 Å². The number of alkyl halides is 3. The van der Waals surface area contributed by atoms with Crippen molar-refractivity contribution in [2.75, 3.05) is 11.1 Å². The SMILES string of the molecule is CC(C)(C)OC(=O)CC[C@H](NC(=O)c1ccc(NCc2ccc3nc(N)[nH]c(=O)c3c2C(F)(F)F)cc1)C(=O)OC(C)(C)C. The molecule has 0 aliphatic carbocycles. The Morgan fingerprint density at radius 3 is 2.14 bits per heavy atom. The lowest BCUT2D eigenvalue weighted by atomic mass is 10.0. The quantitative estimate of drug-likeness (QED) is 0.249. The number of esters is 2. The Labute approximate surface area is 251 Å². The van der Waals surface area contributed by atoms with E-state index in [1.54, 1.807) is 41.5 Å². The van der Waals surface area contributed by atoms with Gasteiger partial charge in [-0.05, 0) is 83.9 Å². The molecule has 238 valence electrons. The molecule has 11 nitrogen and oxygen atoms in total. The summed E-state index contributed by atoms with van der Waals surface area (Å²) in [5, 5.41) is 4.82. The third-order valence-corrected chi connectivity index (χ3v) is 5.95. The number of halogens is 3. The van der Waals surface area contributed by atoms with Gasteiger partial charge in [0.25, 0.3) is 11.5 Å². The molecule has 1 heterocycles. The maximum absolute atomic E-state index is 14.0. The number of carbonyl (C=O) groups is 3. The van der Waals surface area contributed by atoms with E-state index in [9.17, 15) is 32.3 Å². The summed E-state index contributed by atoms with van der Waals surface area (Å²) in [5.41, 5.74) is 1.92. The van der Waals surface area contributed by atoms with Gasteiger partial charge >= 0.3 is 18.1 Å². The molecule has 0 fully saturated rings. The minimum absolute atomic E-state index is 0.0621. The fourth-order valence-electron chi connectivity index (χ4n) is 4.22. The third-order valence-electron chi connectivity index (χ3n) is 5.95. The van der Waals surface area contributed by atoms with Crippen molar-refractivity contribution >= 4 is 40.4 Å². The van der Waals surface area contributed by atoms with Gasteiger partial charge in [-0.25, -0.2) is 9.78 Å². The number of ether oxygens (including phenoxy) is 2. The minimum atomic E-state index is -4.85. The molecule has 0 saturated heterocycles. The number of benzene rings is 2. The van der Waals surface area contributed by atoms with Crippen LogP contribution in [0.1, 0.15) is 75.9 Å². The second-order valence-electron chi connectivity index (χ2n) is 12.1. The molecule has 0 saturated carbocycles. The van der Waals surface area contributed by atoms with Crippen molar-refractivity contribution in [2.24, 2.45) is 0 Å². The van der Waals surface area contributed by atoms with Crippen LogP contribution >= 0.6 is 0 Å². The number of nitrogens with two attached hydrogens (primary N) is 1. The lowest BCUT2D eigenvalue weighted by molar-refractivity contribution is -0.158. The Kier molecular flexibility index (Phi) is 9.96. The second-order valence-corrected chi connectivity index (χ2v) is 12.1. The molecule has 5 N–H and O–H groups in total. The van der Waals surface area contributed by atoms with Crippen molar-refractivity contribution in [3.05, 3.63) is 63.4 Å². The van der Waals surface area contributed by atoms with Crippen LogP contribution in [0.15, 0.2) is 41.2 Å². The molecule has 3 rings (SSSR count). The Hall–Kier alpha value is -4.62. The molecule has 1 atom stereocenters. The Bertz CT molecular complexity index is 1590. The van der Waals surface area contributed by atoms with E-state index in [-0.39, 0.29) is 42.0 Å². The van der Waals surface area contributed by atoms with Gasteiger partial charge in [0.05, 0.1) is 16.5 Å². The number of rotatable bonds is 9. The van der Waals surface area contributed by atoms with Crippen LogP contribution in [0.5, 0.6) is 0 Å². The fourth-order valence-corrected chi connectivity index (χ4v) is 4.22. The maximum Gasteiger partial charge on any atom is 0.417 e. The molecule has 1 aromatic heterocycles. The van der Waals surface area contributed by atoms with Crippen LogP contribution in [0.4, 0.5) is 24.8 Å². The van der Waals surface area contributed by atoms with E-state index in [1.807, 2.05) is 0 Å². The standard InChI is InChI=1S/C30H36F3N5O6/c1-28(2,3)43-21(39)14-13-20(26(42)44-29(4,5)6)36-24(40)16-7-10-18(11-8-16)35-15-17-9-12-19-22(23(17)30(31,32)33)25(41)38-27(34)37-19/h7-12,20,35H,13-15H2,1-6H3,(H,36,40)(H3,34,37,38,41)/t20-/m0/s1. The first-order chi connectivity index (χ1) is 20.2. The summed E-state index contributed by atoms with van der Waals surface area (Å²) in [5.74, 6) is -2.19. The topological polar surface area (TPSA) is 165 Å². The number of fused-ring (bicyclic) bond motifs is 1. The summed E-state index contributed by atoms with van der Waals surface area (Å²) in [4.78, 5) is 56.2. The molecule has 2 aromatic carbocycles. The van der Waals surface area contributed by atoms with Gasteiger partial charge in [0, 0.05) is 24.2 Å². The van der Waals surface area contributed by atoms with Crippen LogP contribution in [-0.2, 0) is 31.8 Å². The number of nitrogens with zero attached hydrogens (tertiary/aromatic N) is 1. The molecule has 44 heavy (non-hydrogen) atoms. The molecule has 3 aromatic rings. The predicted octanol–water partition coefficient (Wildman–Crippen LogP) is 4.70. The minimum Gasteiger partial charge on any atom is -0.460 e. The first kappa shape index (κ1) is 33.9. The summed E-state index contributed by atoms with van der Waals surface area (Å²) in [7, 11) is 0. The number of nitrogen functional groups attached to an aromatic ring is 1. The largest absolute Gasteiger partial charge is 0.460 e. The molecular formula is C30H36F3N5O6. The molecule has 0 aliphatic rings. The zero-order valence-electron chi connectivity index (χ0n) is 25.3. The summed E-state index contributed by atoms with van der Waals surface area (Å²) < 4.78 is 52.7. The second kappa shape index (κ2) is 12.9. The molecule has 0 spiro atoms. The van der Waals surface area contributed by atoms with E-state index >= 15 is 0 Å². The van der Waals surface area contributed by atoms with Crippen LogP contribution in [0.2, 0.25) is 0 Å². The van der Waals surface area contributed by atoms with Gasteiger partial charge in [-0.2, -0.15) is 13.2 Å². The Morgan fingerprint density at radius 1 is 0.955 bits per heavy atom. The number of anilines is 2. The Morgan fingerprint density at radius 2 is 1.57 bits per heavy atom. The molecule has 0 aliphatic heterocycles. The third kappa shape index (κ3) is 9.44. The van der Waals surface area contributed by atoms with Crippen molar-refractivity contribution in [3.8, 4) is 0 Å². The number of hydrogen-bond donors (Lipinski definition) is 4. The van der Waals surface area contributed by atoms with E-state index < -0.39 is 57.8 Å². The zero-order valence-corrected chi connectivity index (χ0v) is 25.3. The predicted molar refractivity (Wildman–Crippen MR) is 158 cm³/mol. The highest BCUT2D eigenvalue weighted by Crippen LogP contribution is 2.36. The van der Waals surface area contributed by atoms with Crippen LogP contribution in [0.25, 0.3) is 10.9 Å². The van der Waals surface area contributed by atoms with Gasteiger partial charge in [-0.15, -0.1) is 0 Å². The molecule has 0 radical (unpaired) electrons. The van der Waals surface area contributed by atoms with Gasteiger partial charge in [0.15, 0.2) is 0 Å². The normalized spacial score (nSPS) is 12.8. The van der Waals surface area contributed by atoms with Crippen molar-refractivity contribution in [2.45, 2.75) is 84.3 Å². The van der Waals surface area contributed by atoms with Gasteiger partial charge < -0.3 is 25.8 Å². The lowest BCUT2D eigenvalue weighted by Gasteiger charge is -2.25. The molecule has 14 heteroatoms. The fraction of sp³-hybridized carbons (Fsp3) is 0.433. The smallest absolute Gasteiger partial charge is 0.417 e.